The van der Waals surface area contributed by atoms with Gasteiger partial charge < -0.3 is 20.7 Å². The zero-order valence-corrected chi connectivity index (χ0v) is 16.1. The molecule has 0 atom stereocenters. The lowest BCUT2D eigenvalue weighted by atomic mass is 10.2. The monoisotopic (exact) mass is 433 g/mol. The molecule has 0 saturated heterocycles. The Kier molecular flexibility index (Phi) is 5.17. The number of primary amides is 1. The van der Waals surface area contributed by atoms with Crippen molar-refractivity contribution in [2.75, 3.05) is 5.32 Å². The van der Waals surface area contributed by atoms with Crippen molar-refractivity contribution in [3.63, 3.8) is 0 Å². The molecule has 1 fully saturated rings. The van der Waals surface area contributed by atoms with Gasteiger partial charge in [-0.1, -0.05) is 0 Å². The standard InChI is InChI=1S/C20H18F3N5O3/c21-20(22,23)31-15-5-1-13(2-6-15)26-19(30)27(14-3-4-14)11-12-7-8-28-17(9-12)16(10-25-28)18(24)29/h1-2,5-10,14H,3-4,11H2,(H2,24,29)(H,26,30). The second-order valence-corrected chi connectivity index (χ2v) is 7.15. The van der Waals surface area contributed by atoms with E-state index in [0.717, 1.165) is 30.5 Å². The number of urea groups is 1. The van der Waals surface area contributed by atoms with Gasteiger partial charge in [0.1, 0.15) is 5.75 Å². The smallest absolute Gasteiger partial charge is 0.406 e. The second kappa shape index (κ2) is 7.82. The molecular weight excluding hydrogens is 415 g/mol. The third-order valence-electron chi connectivity index (χ3n) is 4.79. The molecular formula is C20H18F3N5O3. The first-order valence-corrected chi connectivity index (χ1v) is 9.39. The summed E-state index contributed by atoms with van der Waals surface area (Å²) in [6.07, 6.45) is -0.00252. The summed E-state index contributed by atoms with van der Waals surface area (Å²) in [6, 6.07) is 8.14. The molecule has 0 unspecified atom stereocenters. The minimum absolute atomic E-state index is 0.0598. The summed E-state index contributed by atoms with van der Waals surface area (Å²) in [4.78, 5) is 26.0. The first kappa shape index (κ1) is 20.5. The molecule has 2 aromatic heterocycles. The lowest BCUT2D eigenvalue weighted by molar-refractivity contribution is -0.274. The molecule has 11 heteroatoms. The van der Waals surface area contributed by atoms with Gasteiger partial charge in [0, 0.05) is 24.5 Å². The van der Waals surface area contributed by atoms with E-state index in [-0.39, 0.29) is 29.9 Å². The van der Waals surface area contributed by atoms with Gasteiger partial charge in [-0.3, -0.25) is 4.79 Å². The normalized spacial score (nSPS) is 13.8. The van der Waals surface area contributed by atoms with Gasteiger partial charge in [0.15, 0.2) is 0 Å². The number of aromatic nitrogens is 2. The number of anilines is 1. The molecule has 3 aromatic rings. The fourth-order valence-electron chi connectivity index (χ4n) is 3.20. The summed E-state index contributed by atoms with van der Waals surface area (Å²) in [5.74, 6) is -0.967. The van der Waals surface area contributed by atoms with Crippen LogP contribution >= 0.6 is 0 Å². The summed E-state index contributed by atoms with van der Waals surface area (Å²) in [5, 5.41) is 6.76. The van der Waals surface area contributed by atoms with E-state index in [4.69, 9.17) is 5.73 Å². The highest BCUT2D eigenvalue weighted by Gasteiger charge is 2.33. The van der Waals surface area contributed by atoms with Gasteiger partial charge >= 0.3 is 12.4 Å². The topological polar surface area (TPSA) is 102 Å². The van der Waals surface area contributed by atoms with E-state index in [0.29, 0.717) is 11.2 Å². The highest BCUT2D eigenvalue weighted by molar-refractivity contribution is 5.99. The van der Waals surface area contributed by atoms with Crippen LogP contribution in [-0.4, -0.2) is 38.9 Å². The molecule has 0 aliphatic heterocycles. The van der Waals surface area contributed by atoms with E-state index in [9.17, 15) is 22.8 Å². The van der Waals surface area contributed by atoms with E-state index < -0.39 is 12.3 Å². The second-order valence-electron chi connectivity index (χ2n) is 7.15. The summed E-state index contributed by atoms with van der Waals surface area (Å²) in [6.45, 7) is 0.283. The third kappa shape index (κ3) is 4.87. The maximum atomic E-state index is 12.8. The van der Waals surface area contributed by atoms with Crippen molar-refractivity contribution in [1.29, 1.82) is 0 Å². The molecule has 31 heavy (non-hydrogen) atoms. The molecule has 3 amide bonds. The molecule has 1 aliphatic rings. The molecule has 0 radical (unpaired) electrons. The number of alkyl halides is 3. The van der Waals surface area contributed by atoms with Gasteiger partial charge in [-0.2, -0.15) is 5.10 Å². The lowest BCUT2D eigenvalue weighted by Gasteiger charge is -2.23. The highest BCUT2D eigenvalue weighted by atomic mass is 19.4. The zero-order valence-electron chi connectivity index (χ0n) is 16.1. The number of rotatable bonds is 6. The van der Waals surface area contributed by atoms with E-state index in [1.54, 1.807) is 23.2 Å². The van der Waals surface area contributed by atoms with E-state index in [2.05, 4.69) is 15.2 Å². The van der Waals surface area contributed by atoms with E-state index in [1.807, 2.05) is 0 Å². The number of ether oxygens (including phenoxy) is 1. The van der Waals surface area contributed by atoms with Crippen LogP contribution in [0.2, 0.25) is 0 Å². The Bertz CT molecular complexity index is 1120. The number of fused-ring (bicyclic) bond motifs is 1. The van der Waals surface area contributed by atoms with Crippen LogP contribution in [0.15, 0.2) is 48.8 Å². The molecule has 1 aliphatic carbocycles. The Morgan fingerprint density at radius 3 is 2.55 bits per heavy atom. The average molecular weight is 433 g/mol. The maximum absolute atomic E-state index is 12.8. The van der Waals surface area contributed by atoms with Crippen molar-refractivity contribution in [2.45, 2.75) is 31.8 Å². The predicted octanol–water partition coefficient (Wildman–Crippen LogP) is 3.53. The number of benzene rings is 1. The Labute approximate surface area is 174 Å². The van der Waals surface area contributed by atoms with Crippen molar-refractivity contribution in [1.82, 2.24) is 14.5 Å². The van der Waals surface area contributed by atoms with Crippen LogP contribution in [0.1, 0.15) is 28.8 Å². The van der Waals surface area contributed by atoms with Crippen LogP contribution in [0, 0.1) is 0 Å². The van der Waals surface area contributed by atoms with Crippen LogP contribution in [0.25, 0.3) is 5.52 Å². The number of carbonyl (C=O) groups is 2. The fraction of sp³-hybridized carbons (Fsp3) is 0.250. The molecule has 1 aromatic carbocycles. The van der Waals surface area contributed by atoms with Crippen LogP contribution < -0.4 is 15.8 Å². The average Bonchev–Trinajstić information content (AvgIpc) is 3.44. The van der Waals surface area contributed by atoms with Gasteiger partial charge in [-0.25, -0.2) is 9.31 Å². The van der Waals surface area contributed by atoms with E-state index >= 15 is 0 Å². The quantitative estimate of drug-likeness (QED) is 0.621. The zero-order chi connectivity index (χ0) is 22.2. The molecule has 4 rings (SSSR count). The minimum Gasteiger partial charge on any atom is -0.406 e. The molecule has 0 bridgehead atoms. The molecule has 0 spiro atoms. The molecule has 1 saturated carbocycles. The fourth-order valence-corrected chi connectivity index (χ4v) is 3.20. The number of pyridine rings is 1. The minimum atomic E-state index is -4.78. The van der Waals surface area contributed by atoms with Gasteiger partial charge in [0.05, 0.1) is 17.3 Å². The van der Waals surface area contributed by atoms with E-state index in [1.165, 1.54) is 22.8 Å². The Morgan fingerprint density at radius 2 is 1.94 bits per heavy atom. The SMILES string of the molecule is NC(=O)c1cnn2ccc(CN(C(=O)Nc3ccc(OC(F)(F)F)cc3)C3CC3)cc12. The summed E-state index contributed by atoms with van der Waals surface area (Å²) in [5.41, 5.74) is 7.32. The summed E-state index contributed by atoms with van der Waals surface area (Å²) >= 11 is 0. The lowest BCUT2D eigenvalue weighted by Crippen LogP contribution is -2.36. The number of carbonyl (C=O) groups excluding carboxylic acids is 2. The number of nitrogens with two attached hydrogens (primary N) is 1. The van der Waals surface area contributed by atoms with Crippen molar-refractivity contribution in [2.24, 2.45) is 5.73 Å². The molecule has 162 valence electrons. The van der Waals surface area contributed by atoms with Crippen molar-refractivity contribution in [3.8, 4) is 5.75 Å². The maximum Gasteiger partial charge on any atom is 0.573 e. The molecule has 3 N–H and O–H groups in total. The number of nitrogens with zero attached hydrogens (tertiary/aromatic N) is 3. The first-order chi connectivity index (χ1) is 14.7. The van der Waals surface area contributed by atoms with Crippen molar-refractivity contribution >= 4 is 23.1 Å². The van der Waals surface area contributed by atoms with Crippen LogP contribution in [-0.2, 0) is 6.54 Å². The number of amides is 3. The number of halogens is 3. The first-order valence-electron chi connectivity index (χ1n) is 9.39. The highest BCUT2D eigenvalue weighted by Crippen LogP contribution is 2.30. The Morgan fingerprint density at radius 1 is 1.23 bits per heavy atom. The van der Waals surface area contributed by atoms with Crippen LogP contribution in [0.3, 0.4) is 0 Å². The van der Waals surface area contributed by atoms with Crippen LogP contribution in [0.4, 0.5) is 23.7 Å². The predicted molar refractivity (Wildman–Crippen MR) is 104 cm³/mol. The van der Waals surface area contributed by atoms with Gasteiger partial charge in [0.2, 0.25) is 0 Å². The third-order valence-corrected chi connectivity index (χ3v) is 4.79. The Balaban J connectivity index is 1.48. The van der Waals surface area contributed by atoms with Crippen molar-refractivity contribution in [3.05, 3.63) is 59.9 Å². The summed E-state index contributed by atoms with van der Waals surface area (Å²) < 4.78 is 42.2. The largest absolute Gasteiger partial charge is 0.573 e. The molecule has 8 nitrogen and oxygen atoms in total. The molecule has 2 heterocycles. The Hall–Kier alpha value is -3.76. The van der Waals surface area contributed by atoms with Gasteiger partial charge in [0.25, 0.3) is 5.91 Å². The van der Waals surface area contributed by atoms with Crippen LogP contribution in [0.5, 0.6) is 5.75 Å². The number of hydrogen-bond acceptors (Lipinski definition) is 4. The van der Waals surface area contributed by atoms with Crippen molar-refractivity contribution < 1.29 is 27.5 Å². The number of nitrogens with one attached hydrogen (secondary N) is 1. The number of hydrogen-bond donors (Lipinski definition) is 2. The van der Waals surface area contributed by atoms with Gasteiger partial charge in [-0.15, -0.1) is 13.2 Å². The summed E-state index contributed by atoms with van der Waals surface area (Å²) in [7, 11) is 0. The van der Waals surface area contributed by atoms with Gasteiger partial charge in [-0.05, 0) is 54.8 Å².